The Balaban J connectivity index is 1.77. The fourth-order valence-corrected chi connectivity index (χ4v) is 3.05. The molecule has 0 saturated carbocycles. The lowest BCUT2D eigenvalue weighted by atomic mass is 9.87. The summed E-state index contributed by atoms with van der Waals surface area (Å²) in [7, 11) is 1.68. The van der Waals surface area contributed by atoms with Gasteiger partial charge in [-0.15, -0.1) is 0 Å². The summed E-state index contributed by atoms with van der Waals surface area (Å²) >= 11 is 0. The van der Waals surface area contributed by atoms with Crippen molar-refractivity contribution in [2.75, 3.05) is 7.11 Å². The molecule has 3 rings (SSSR count). The fraction of sp³-hybridized carbons (Fsp3) is 0.444. The first kappa shape index (κ1) is 15.6. The lowest BCUT2D eigenvalue weighted by Crippen LogP contribution is -2.30. The number of hydrogen-bond donors (Lipinski definition) is 1. The zero-order chi connectivity index (χ0) is 16.4. The summed E-state index contributed by atoms with van der Waals surface area (Å²) in [6.07, 6.45) is 6.49. The second-order valence-corrected chi connectivity index (χ2v) is 6.29. The summed E-state index contributed by atoms with van der Waals surface area (Å²) in [5.41, 5.74) is 3.07. The highest BCUT2D eigenvalue weighted by molar-refractivity contribution is 5.94. The molecule has 0 aliphatic heterocycles. The smallest absolute Gasteiger partial charge is 0.254 e. The Bertz CT molecular complexity index is 706. The maximum absolute atomic E-state index is 12.5. The molecule has 0 fully saturated rings. The maximum atomic E-state index is 12.5. The highest BCUT2D eigenvalue weighted by Crippen LogP contribution is 2.32. The van der Waals surface area contributed by atoms with Gasteiger partial charge in [0.15, 0.2) is 0 Å². The summed E-state index contributed by atoms with van der Waals surface area (Å²) in [5.74, 6) is 0.805. The number of nitrogens with zero attached hydrogens (tertiary/aromatic N) is 2. The first-order chi connectivity index (χ1) is 11.1. The summed E-state index contributed by atoms with van der Waals surface area (Å²) in [6, 6.07) is 6.40. The molecule has 0 saturated heterocycles. The van der Waals surface area contributed by atoms with Crippen molar-refractivity contribution in [3.8, 4) is 5.75 Å². The van der Waals surface area contributed by atoms with Crippen LogP contribution in [0.3, 0.4) is 0 Å². The molecule has 0 bridgehead atoms. The Morgan fingerprint density at radius 3 is 2.96 bits per heavy atom. The summed E-state index contributed by atoms with van der Waals surface area (Å²) in [6.45, 7) is 4.08. The van der Waals surface area contributed by atoms with Crippen molar-refractivity contribution in [1.82, 2.24) is 15.1 Å². The number of carbonyl (C=O) groups is 1. The van der Waals surface area contributed by atoms with Crippen LogP contribution in [-0.4, -0.2) is 22.8 Å². The molecule has 1 amide bonds. The van der Waals surface area contributed by atoms with Gasteiger partial charge in [-0.2, -0.15) is 5.10 Å². The number of nitrogens with one attached hydrogen (secondary N) is 1. The number of fused-ring (bicyclic) bond motifs is 1. The number of amides is 1. The molecule has 1 N–H and O–H groups in total. The van der Waals surface area contributed by atoms with Crippen molar-refractivity contribution in [2.45, 2.75) is 45.2 Å². The molecule has 5 nitrogen and oxygen atoms in total. The minimum absolute atomic E-state index is 0.0551. The zero-order valence-electron chi connectivity index (χ0n) is 13.9. The lowest BCUT2D eigenvalue weighted by Gasteiger charge is -2.26. The third-order valence-electron chi connectivity index (χ3n) is 4.36. The Morgan fingerprint density at radius 1 is 1.43 bits per heavy atom. The molecule has 23 heavy (non-hydrogen) atoms. The SMILES string of the molecule is COc1ccc2c(c1)CCC[C@@H]2NC(=O)c1cnn(C(C)C)c1. The van der Waals surface area contributed by atoms with E-state index in [2.05, 4.69) is 22.5 Å². The first-order valence-electron chi connectivity index (χ1n) is 8.10. The van der Waals surface area contributed by atoms with Gasteiger partial charge in [-0.3, -0.25) is 9.48 Å². The molecule has 1 atom stereocenters. The quantitative estimate of drug-likeness (QED) is 0.942. The third-order valence-corrected chi connectivity index (χ3v) is 4.36. The highest BCUT2D eigenvalue weighted by Gasteiger charge is 2.23. The zero-order valence-corrected chi connectivity index (χ0v) is 13.9. The molecule has 5 heteroatoms. The minimum atomic E-state index is -0.0643. The number of carbonyl (C=O) groups excluding carboxylic acids is 1. The second-order valence-electron chi connectivity index (χ2n) is 6.29. The summed E-state index contributed by atoms with van der Waals surface area (Å²) < 4.78 is 7.09. The highest BCUT2D eigenvalue weighted by atomic mass is 16.5. The molecular formula is C18H23N3O2. The Hall–Kier alpha value is -2.30. The van der Waals surface area contributed by atoms with E-state index >= 15 is 0 Å². The van der Waals surface area contributed by atoms with Gasteiger partial charge in [0.05, 0.1) is 24.9 Å². The standard InChI is InChI=1S/C18H23N3O2/c1-12(2)21-11-14(10-19-21)18(22)20-17-6-4-5-13-9-15(23-3)7-8-16(13)17/h7-12,17H,4-6H2,1-3H3,(H,20,22)/t17-/m0/s1. The number of methoxy groups -OCH3 is 1. The van der Waals surface area contributed by atoms with Gasteiger partial charge in [-0.05, 0) is 56.4 Å². The summed E-state index contributed by atoms with van der Waals surface area (Å²) in [4.78, 5) is 12.5. The van der Waals surface area contributed by atoms with Gasteiger partial charge in [0.25, 0.3) is 5.91 Å². The van der Waals surface area contributed by atoms with Crippen molar-refractivity contribution in [3.05, 3.63) is 47.3 Å². The van der Waals surface area contributed by atoms with Crippen LogP contribution < -0.4 is 10.1 Å². The van der Waals surface area contributed by atoms with Crippen LogP contribution in [0.5, 0.6) is 5.75 Å². The molecular weight excluding hydrogens is 290 g/mol. The van der Waals surface area contributed by atoms with Crippen LogP contribution in [0.1, 0.15) is 60.3 Å². The average molecular weight is 313 g/mol. The molecule has 0 unspecified atom stereocenters. The monoisotopic (exact) mass is 313 g/mol. The van der Waals surface area contributed by atoms with Gasteiger partial charge < -0.3 is 10.1 Å². The summed E-state index contributed by atoms with van der Waals surface area (Å²) in [5, 5.41) is 7.38. The number of ether oxygens (including phenoxy) is 1. The third kappa shape index (κ3) is 3.23. The number of aryl methyl sites for hydroxylation is 1. The molecule has 0 spiro atoms. The minimum Gasteiger partial charge on any atom is -0.497 e. The topological polar surface area (TPSA) is 56.1 Å². The van der Waals surface area contributed by atoms with E-state index in [9.17, 15) is 4.79 Å². The average Bonchev–Trinajstić information content (AvgIpc) is 3.05. The van der Waals surface area contributed by atoms with Gasteiger partial charge in [0, 0.05) is 12.2 Å². The van der Waals surface area contributed by atoms with Gasteiger partial charge >= 0.3 is 0 Å². The number of hydrogen-bond acceptors (Lipinski definition) is 3. The van der Waals surface area contributed by atoms with Crippen LogP contribution in [0.2, 0.25) is 0 Å². The van der Waals surface area contributed by atoms with E-state index in [1.807, 2.05) is 19.9 Å². The van der Waals surface area contributed by atoms with Crippen molar-refractivity contribution in [2.24, 2.45) is 0 Å². The normalized spacial score (nSPS) is 17.0. The number of rotatable bonds is 4. The fourth-order valence-electron chi connectivity index (χ4n) is 3.05. The predicted octanol–water partition coefficient (Wildman–Crippen LogP) is 3.28. The van der Waals surface area contributed by atoms with E-state index < -0.39 is 0 Å². The van der Waals surface area contributed by atoms with E-state index in [0.29, 0.717) is 5.56 Å². The van der Waals surface area contributed by atoms with Gasteiger partial charge in [0.1, 0.15) is 5.75 Å². The van der Waals surface area contributed by atoms with Crippen LogP contribution >= 0.6 is 0 Å². The van der Waals surface area contributed by atoms with Crippen LogP contribution in [0.25, 0.3) is 0 Å². The van der Waals surface area contributed by atoms with Crippen LogP contribution in [-0.2, 0) is 6.42 Å². The largest absolute Gasteiger partial charge is 0.497 e. The molecule has 1 aromatic carbocycles. The van der Waals surface area contributed by atoms with E-state index in [0.717, 1.165) is 25.0 Å². The van der Waals surface area contributed by atoms with Crippen molar-refractivity contribution in [3.63, 3.8) is 0 Å². The molecule has 1 aromatic heterocycles. The second kappa shape index (κ2) is 6.44. The molecule has 122 valence electrons. The van der Waals surface area contributed by atoms with E-state index in [4.69, 9.17) is 4.74 Å². The van der Waals surface area contributed by atoms with E-state index in [-0.39, 0.29) is 18.0 Å². The van der Waals surface area contributed by atoms with Gasteiger partial charge in [0.2, 0.25) is 0 Å². The van der Waals surface area contributed by atoms with E-state index in [1.54, 1.807) is 24.2 Å². The molecule has 1 heterocycles. The lowest BCUT2D eigenvalue weighted by molar-refractivity contribution is 0.0932. The van der Waals surface area contributed by atoms with Crippen molar-refractivity contribution in [1.29, 1.82) is 0 Å². The van der Waals surface area contributed by atoms with Crippen molar-refractivity contribution < 1.29 is 9.53 Å². The Kier molecular flexibility index (Phi) is 4.37. The molecule has 0 radical (unpaired) electrons. The molecule has 2 aromatic rings. The van der Waals surface area contributed by atoms with Crippen LogP contribution in [0.4, 0.5) is 0 Å². The predicted molar refractivity (Wildman–Crippen MR) is 88.8 cm³/mol. The molecule has 1 aliphatic carbocycles. The van der Waals surface area contributed by atoms with Gasteiger partial charge in [-0.25, -0.2) is 0 Å². The Labute approximate surface area is 136 Å². The van der Waals surface area contributed by atoms with E-state index in [1.165, 1.54) is 11.1 Å². The van der Waals surface area contributed by atoms with Gasteiger partial charge in [-0.1, -0.05) is 6.07 Å². The Morgan fingerprint density at radius 2 is 2.26 bits per heavy atom. The van der Waals surface area contributed by atoms with Crippen LogP contribution in [0, 0.1) is 0 Å². The number of benzene rings is 1. The molecule has 1 aliphatic rings. The van der Waals surface area contributed by atoms with Crippen molar-refractivity contribution >= 4 is 5.91 Å². The maximum Gasteiger partial charge on any atom is 0.254 e. The van der Waals surface area contributed by atoms with Crippen LogP contribution in [0.15, 0.2) is 30.6 Å². The first-order valence-corrected chi connectivity index (χ1v) is 8.10. The number of aromatic nitrogens is 2.